The number of carbonyl (C=O) groups is 1. The molecule has 0 aliphatic heterocycles. The molecule has 1 atom stereocenters. The summed E-state index contributed by atoms with van der Waals surface area (Å²) in [6.07, 6.45) is 4.02. The van der Waals surface area contributed by atoms with Crippen LogP contribution in [-0.2, 0) is 0 Å². The number of amides is 1. The molecular weight excluding hydrogens is 306 g/mol. The normalized spacial score (nSPS) is 11.7. The van der Waals surface area contributed by atoms with E-state index in [9.17, 15) is 9.90 Å². The summed E-state index contributed by atoms with van der Waals surface area (Å²) in [5.41, 5.74) is 2.30. The van der Waals surface area contributed by atoms with Gasteiger partial charge in [0, 0.05) is 29.3 Å². The lowest BCUT2D eigenvalue weighted by Crippen LogP contribution is -2.28. The highest BCUT2D eigenvalue weighted by molar-refractivity contribution is 5.94. The maximum Gasteiger partial charge on any atom is 0.251 e. The lowest BCUT2D eigenvalue weighted by atomic mass is 10.2. The number of rotatable bonds is 6. The van der Waals surface area contributed by atoms with Crippen molar-refractivity contribution in [3.8, 4) is 0 Å². The topological polar surface area (TPSA) is 87.4 Å². The van der Waals surface area contributed by atoms with E-state index < -0.39 is 6.10 Å². The molecule has 1 aromatic carbocycles. The molecule has 0 aliphatic carbocycles. The van der Waals surface area contributed by atoms with Gasteiger partial charge in [-0.1, -0.05) is 0 Å². The van der Waals surface area contributed by atoms with E-state index in [0.29, 0.717) is 11.3 Å². The summed E-state index contributed by atoms with van der Waals surface area (Å²) in [5.74, 6) is 0.170. The van der Waals surface area contributed by atoms with E-state index in [4.69, 9.17) is 4.42 Å². The Morgan fingerprint density at radius 2 is 1.79 bits per heavy atom. The first-order valence-corrected chi connectivity index (χ1v) is 7.49. The minimum atomic E-state index is -0.864. The molecule has 3 aromatic rings. The van der Waals surface area contributed by atoms with Gasteiger partial charge in [-0.2, -0.15) is 0 Å². The Morgan fingerprint density at radius 3 is 2.46 bits per heavy atom. The predicted molar refractivity (Wildman–Crippen MR) is 90.0 cm³/mol. The number of aromatic nitrogens is 1. The smallest absolute Gasteiger partial charge is 0.251 e. The fourth-order valence-corrected chi connectivity index (χ4v) is 2.18. The molecule has 0 saturated carbocycles. The molecule has 0 saturated heterocycles. The molecule has 0 fully saturated rings. The fraction of sp³-hybridized carbons (Fsp3) is 0.111. The van der Waals surface area contributed by atoms with Crippen molar-refractivity contribution in [1.82, 2.24) is 10.3 Å². The van der Waals surface area contributed by atoms with E-state index in [-0.39, 0.29) is 12.5 Å². The maximum atomic E-state index is 12.1. The third-order valence-corrected chi connectivity index (χ3v) is 3.44. The third-order valence-electron chi connectivity index (χ3n) is 3.44. The first-order chi connectivity index (χ1) is 11.7. The molecule has 0 aliphatic rings. The molecule has 1 amide bonds. The van der Waals surface area contributed by atoms with Crippen LogP contribution in [0, 0.1) is 0 Å². The number of anilines is 2. The van der Waals surface area contributed by atoms with E-state index in [1.54, 1.807) is 36.7 Å². The molecule has 2 heterocycles. The zero-order valence-corrected chi connectivity index (χ0v) is 12.8. The Morgan fingerprint density at radius 1 is 1.08 bits per heavy atom. The largest absolute Gasteiger partial charge is 0.467 e. The highest BCUT2D eigenvalue weighted by Crippen LogP contribution is 2.16. The van der Waals surface area contributed by atoms with Gasteiger partial charge in [0.25, 0.3) is 5.91 Å². The first kappa shape index (κ1) is 15.8. The summed E-state index contributed by atoms with van der Waals surface area (Å²) in [6, 6.07) is 14.1. The highest BCUT2D eigenvalue weighted by atomic mass is 16.4. The van der Waals surface area contributed by atoms with Crippen LogP contribution in [0.25, 0.3) is 0 Å². The van der Waals surface area contributed by atoms with Crippen LogP contribution in [0.2, 0.25) is 0 Å². The van der Waals surface area contributed by atoms with Crippen LogP contribution in [0.3, 0.4) is 0 Å². The SMILES string of the molecule is O=C(NCC(O)c1ccco1)c1ccc(Nc2ccncc2)cc1. The van der Waals surface area contributed by atoms with Gasteiger partial charge in [-0.15, -0.1) is 0 Å². The van der Waals surface area contributed by atoms with Gasteiger partial charge in [0.1, 0.15) is 11.9 Å². The molecule has 3 rings (SSSR count). The molecule has 0 bridgehead atoms. The molecule has 0 spiro atoms. The number of furan rings is 1. The van der Waals surface area contributed by atoms with Crippen molar-refractivity contribution in [3.05, 3.63) is 78.5 Å². The summed E-state index contributed by atoms with van der Waals surface area (Å²) in [5, 5.41) is 15.8. The van der Waals surface area contributed by atoms with Crippen LogP contribution in [0.1, 0.15) is 22.2 Å². The number of nitrogens with one attached hydrogen (secondary N) is 2. The van der Waals surface area contributed by atoms with Gasteiger partial charge in [-0.3, -0.25) is 9.78 Å². The van der Waals surface area contributed by atoms with E-state index in [1.807, 2.05) is 24.3 Å². The molecular formula is C18H17N3O3. The van der Waals surface area contributed by atoms with Gasteiger partial charge in [-0.05, 0) is 48.5 Å². The Balaban J connectivity index is 1.56. The standard InChI is InChI=1S/C18H17N3O3/c22-16(17-2-1-11-24-17)12-20-18(23)13-3-5-14(6-4-13)21-15-7-9-19-10-8-15/h1-11,16,22H,12H2,(H,19,21)(H,20,23). The third kappa shape index (κ3) is 3.99. The van der Waals surface area contributed by atoms with Crippen molar-refractivity contribution >= 4 is 17.3 Å². The molecule has 0 radical (unpaired) electrons. The zero-order chi connectivity index (χ0) is 16.8. The van der Waals surface area contributed by atoms with Crippen LogP contribution < -0.4 is 10.6 Å². The number of aliphatic hydroxyl groups is 1. The van der Waals surface area contributed by atoms with Crippen LogP contribution in [-0.4, -0.2) is 22.5 Å². The second-order valence-corrected chi connectivity index (χ2v) is 5.18. The minimum absolute atomic E-state index is 0.0867. The van der Waals surface area contributed by atoms with Crippen LogP contribution in [0.15, 0.2) is 71.6 Å². The number of hydrogen-bond donors (Lipinski definition) is 3. The Labute approximate surface area is 139 Å². The number of nitrogens with zero attached hydrogens (tertiary/aromatic N) is 1. The van der Waals surface area contributed by atoms with E-state index in [0.717, 1.165) is 11.4 Å². The van der Waals surface area contributed by atoms with Gasteiger partial charge in [0.2, 0.25) is 0 Å². The molecule has 3 N–H and O–H groups in total. The second kappa shape index (κ2) is 7.43. The fourth-order valence-electron chi connectivity index (χ4n) is 2.18. The van der Waals surface area contributed by atoms with Gasteiger partial charge < -0.3 is 20.2 Å². The summed E-state index contributed by atoms with van der Waals surface area (Å²) < 4.78 is 5.09. The Bertz CT molecular complexity index is 771. The summed E-state index contributed by atoms with van der Waals surface area (Å²) in [7, 11) is 0. The van der Waals surface area contributed by atoms with Crippen LogP contribution >= 0.6 is 0 Å². The Kier molecular flexibility index (Phi) is 4.88. The molecule has 1 unspecified atom stereocenters. The van der Waals surface area contributed by atoms with Gasteiger partial charge in [0.15, 0.2) is 0 Å². The number of hydrogen-bond acceptors (Lipinski definition) is 5. The first-order valence-electron chi connectivity index (χ1n) is 7.49. The average Bonchev–Trinajstić information content (AvgIpc) is 3.16. The van der Waals surface area contributed by atoms with Crippen molar-refractivity contribution in [2.45, 2.75) is 6.10 Å². The van der Waals surface area contributed by atoms with Gasteiger partial charge in [0.05, 0.1) is 12.8 Å². The molecule has 122 valence electrons. The second-order valence-electron chi connectivity index (χ2n) is 5.18. The minimum Gasteiger partial charge on any atom is -0.467 e. The van der Waals surface area contributed by atoms with Crippen LogP contribution in [0.4, 0.5) is 11.4 Å². The quantitative estimate of drug-likeness (QED) is 0.649. The van der Waals surface area contributed by atoms with Gasteiger partial charge in [-0.25, -0.2) is 0 Å². The van der Waals surface area contributed by atoms with Crippen LogP contribution in [0.5, 0.6) is 0 Å². The van der Waals surface area contributed by atoms with E-state index in [1.165, 1.54) is 6.26 Å². The molecule has 6 nitrogen and oxygen atoms in total. The number of aliphatic hydroxyl groups excluding tert-OH is 1. The summed E-state index contributed by atoms with van der Waals surface area (Å²) >= 11 is 0. The molecule has 2 aromatic heterocycles. The van der Waals surface area contributed by atoms with Crippen molar-refractivity contribution in [2.75, 3.05) is 11.9 Å². The number of carbonyl (C=O) groups excluding carboxylic acids is 1. The lowest BCUT2D eigenvalue weighted by Gasteiger charge is -2.10. The highest BCUT2D eigenvalue weighted by Gasteiger charge is 2.12. The van der Waals surface area contributed by atoms with Crippen molar-refractivity contribution < 1.29 is 14.3 Å². The van der Waals surface area contributed by atoms with Crippen molar-refractivity contribution in [2.24, 2.45) is 0 Å². The van der Waals surface area contributed by atoms with E-state index >= 15 is 0 Å². The zero-order valence-electron chi connectivity index (χ0n) is 12.8. The summed E-state index contributed by atoms with van der Waals surface area (Å²) in [4.78, 5) is 16.1. The summed E-state index contributed by atoms with van der Waals surface area (Å²) in [6.45, 7) is 0.0867. The lowest BCUT2D eigenvalue weighted by molar-refractivity contribution is 0.0901. The van der Waals surface area contributed by atoms with Crippen molar-refractivity contribution in [1.29, 1.82) is 0 Å². The molecule has 6 heteroatoms. The average molecular weight is 323 g/mol. The maximum absolute atomic E-state index is 12.1. The van der Waals surface area contributed by atoms with E-state index in [2.05, 4.69) is 15.6 Å². The number of pyridine rings is 1. The predicted octanol–water partition coefficient (Wildman–Crippen LogP) is 2.88. The molecule has 24 heavy (non-hydrogen) atoms. The Hall–Kier alpha value is -3.12. The van der Waals surface area contributed by atoms with Gasteiger partial charge >= 0.3 is 0 Å². The number of benzene rings is 1. The monoisotopic (exact) mass is 323 g/mol. The van der Waals surface area contributed by atoms with Crippen molar-refractivity contribution in [3.63, 3.8) is 0 Å².